The van der Waals surface area contributed by atoms with E-state index >= 15 is 0 Å². The van der Waals surface area contributed by atoms with Crippen LogP contribution in [0.5, 0.6) is 0 Å². The molecule has 6 nitrogen and oxygen atoms in total. The van der Waals surface area contributed by atoms with Crippen molar-refractivity contribution in [1.82, 2.24) is 0 Å². The molecule has 1 rings (SSSR count). The molecule has 0 saturated heterocycles. The van der Waals surface area contributed by atoms with Gasteiger partial charge < -0.3 is 5.21 Å². The summed E-state index contributed by atoms with van der Waals surface area (Å²) in [4.78, 5) is 9.98. The Bertz CT molecular complexity index is 448. The lowest BCUT2D eigenvalue weighted by molar-refractivity contribution is -0.606. The predicted octanol–water partition coefficient (Wildman–Crippen LogP) is 1.16. The van der Waals surface area contributed by atoms with Gasteiger partial charge in [-0.3, -0.25) is 10.1 Å². The van der Waals surface area contributed by atoms with E-state index in [0.29, 0.717) is 4.73 Å². The minimum Gasteiger partial charge on any atom is -0.619 e. The van der Waals surface area contributed by atoms with Crippen LogP contribution in [0.4, 0.5) is 5.69 Å². The Labute approximate surface area is 85.4 Å². The van der Waals surface area contributed by atoms with Crippen molar-refractivity contribution in [3.63, 3.8) is 0 Å². The Kier molecular flexibility index (Phi) is 3.35. The lowest BCUT2D eigenvalue weighted by Crippen LogP contribution is -2.24. The molecule has 1 aromatic rings. The fourth-order valence-corrected chi connectivity index (χ4v) is 1.02. The normalized spacial score (nSPS) is 10.1. The fraction of sp³-hybridized carbons (Fsp3) is 0.111. The summed E-state index contributed by atoms with van der Waals surface area (Å²) >= 11 is 0. The topological polar surface area (TPSA) is 93.9 Å². The molecule has 15 heavy (non-hydrogen) atoms. The fourth-order valence-electron chi connectivity index (χ4n) is 1.02. The van der Waals surface area contributed by atoms with E-state index in [1.165, 1.54) is 12.2 Å². The Balaban J connectivity index is 3.08. The second kappa shape index (κ2) is 4.72. The Morgan fingerprint density at radius 1 is 1.67 bits per heavy atom. The van der Waals surface area contributed by atoms with Gasteiger partial charge in [-0.1, -0.05) is 6.08 Å². The highest BCUT2D eigenvalue weighted by Gasteiger charge is 2.13. The predicted molar refractivity (Wildman–Crippen MR) is 51.3 cm³/mol. The SMILES string of the molecule is N#CCC=Cc1c[n+]([O-])ccc1[N+](=O)[O-]. The van der Waals surface area contributed by atoms with E-state index in [1.54, 1.807) is 0 Å². The van der Waals surface area contributed by atoms with Crippen molar-refractivity contribution in [2.45, 2.75) is 6.42 Å². The van der Waals surface area contributed by atoms with E-state index in [0.717, 1.165) is 18.5 Å². The van der Waals surface area contributed by atoms with Crippen molar-refractivity contribution in [3.05, 3.63) is 45.4 Å². The summed E-state index contributed by atoms with van der Waals surface area (Å²) in [6.07, 6.45) is 5.13. The Morgan fingerprint density at radius 2 is 2.40 bits per heavy atom. The molecule has 0 radical (unpaired) electrons. The third-order valence-corrected chi connectivity index (χ3v) is 1.64. The molecule has 0 N–H and O–H groups in total. The molecular weight excluding hydrogens is 198 g/mol. The maximum absolute atomic E-state index is 10.9. The van der Waals surface area contributed by atoms with Gasteiger partial charge >= 0.3 is 0 Å². The Morgan fingerprint density at radius 3 is 3.00 bits per heavy atom. The van der Waals surface area contributed by atoms with Crippen LogP contribution in [0.15, 0.2) is 24.5 Å². The van der Waals surface area contributed by atoms with Gasteiger partial charge in [0.1, 0.15) is 5.56 Å². The molecule has 6 heteroatoms. The zero-order valence-corrected chi connectivity index (χ0v) is 7.66. The van der Waals surface area contributed by atoms with Crippen LogP contribution in [0.1, 0.15) is 12.0 Å². The molecule has 0 amide bonds. The van der Waals surface area contributed by atoms with Crippen molar-refractivity contribution in [2.24, 2.45) is 0 Å². The number of allylic oxidation sites excluding steroid dienone is 1. The van der Waals surface area contributed by atoms with Crippen molar-refractivity contribution in [2.75, 3.05) is 0 Å². The molecule has 0 aliphatic heterocycles. The van der Waals surface area contributed by atoms with Gasteiger partial charge in [-0.05, 0) is 6.08 Å². The van der Waals surface area contributed by atoms with Crippen LogP contribution >= 0.6 is 0 Å². The zero-order chi connectivity index (χ0) is 11.3. The van der Waals surface area contributed by atoms with Crippen LogP contribution in [-0.2, 0) is 0 Å². The molecule has 0 bridgehead atoms. The molecular formula is C9H7N3O3. The standard InChI is InChI=1S/C9H7N3O3/c10-5-2-1-3-8-7-11(13)6-4-9(8)12(14)15/h1,3-4,6-7H,2H2. The summed E-state index contributed by atoms with van der Waals surface area (Å²) in [6.45, 7) is 0. The van der Waals surface area contributed by atoms with E-state index in [1.807, 2.05) is 6.07 Å². The van der Waals surface area contributed by atoms with Gasteiger partial charge in [0.05, 0.1) is 23.5 Å². The second-order valence-corrected chi connectivity index (χ2v) is 2.67. The number of aromatic nitrogens is 1. The molecule has 76 valence electrons. The van der Waals surface area contributed by atoms with Gasteiger partial charge in [-0.15, -0.1) is 0 Å². The molecule has 0 aliphatic rings. The molecule has 0 atom stereocenters. The number of pyridine rings is 1. The third kappa shape index (κ3) is 2.77. The largest absolute Gasteiger partial charge is 0.619 e. The van der Waals surface area contributed by atoms with Crippen LogP contribution in [0.3, 0.4) is 0 Å². The number of rotatable bonds is 3. The van der Waals surface area contributed by atoms with Crippen molar-refractivity contribution < 1.29 is 9.65 Å². The first-order valence-corrected chi connectivity index (χ1v) is 4.06. The van der Waals surface area contributed by atoms with Gasteiger partial charge in [0.15, 0.2) is 12.4 Å². The van der Waals surface area contributed by atoms with E-state index in [2.05, 4.69) is 0 Å². The van der Waals surface area contributed by atoms with Crippen LogP contribution in [0.2, 0.25) is 0 Å². The lowest BCUT2D eigenvalue weighted by Gasteiger charge is -1.97. The summed E-state index contributed by atoms with van der Waals surface area (Å²) in [6, 6.07) is 2.98. The number of hydrogen-bond donors (Lipinski definition) is 0. The molecule has 0 aliphatic carbocycles. The number of nitro groups is 1. The van der Waals surface area contributed by atoms with Crippen LogP contribution in [-0.4, -0.2) is 4.92 Å². The van der Waals surface area contributed by atoms with Gasteiger partial charge in [0, 0.05) is 0 Å². The highest BCUT2D eigenvalue weighted by Crippen LogP contribution is 2.17. The minimum absolute atomic E-state index is 0.144. The molecule has 1 aromatic heterocycles. The van der Waals surface area contributed by atoms with Crippen LogP contribution < -0.4 is 4.73 Å². The summed E-state index contributed by atoms with van der Waals surface area (Å²) in [5.74, 6) is 0. The van der Waals surface area contributed by atoms with E-state index in [9.17, 15) is 15.3 Å². The van der Waals surface area contributed by atoms with Crippen molar-refractivity contribution in [1.29, 1.82) is 5.26 Å². The average molecular weight is 205 g/mol. The van der Waals surface area contributed by atoms with Crippen LogP contribution in [0, 0.1) is 26.7 Å². The first kappa shape index (κ1) is 10.7. The molecule has 0 spiro atoms. The highest BCUT2D eigenvalue weighted by molar-refractivity contribution is 5.58. The zero-order valence-electron chi connectivity index (χ0n) is 7.66. The maximum Gasteiger partial charge on any atom is 0.288 e. The molecule has 1 heterocycles. The molecule has 0 unspecified atom stereocenters. The van der Waals surface area contributed by atoms with E-state index in [-0.39, 0.29) is 17.7 Å². The smallest absolute Gasteiger partial charge is 0.288 e. The second-order valence-electron chi connectivity index (χ2n) is 2.67. The van der Waals surface area contributed by atoms with Gasteiger partial charge in [-0.2, -0.15) is 9.99 Å². The number of nitrogens with zero attached hydrogens (tertiary/aromatic N) is 3. The van der Waals surface area contributed by atoms with Gasteiger partial charge in [0.2, 0.25) is 0 Å². The van der Waals surface area contributed by atoms with Gasteiger partial charge in [-0.25, -0.2) is 0 Å². The van der Waals surface area contributed by atoms with E-state index < -0.39 is 4.92 Å². The maximum atomic E-state index is 10.9. The average Bonchev–Trinajstić information content (AvgIpc) is 2.18. The number of hydrogen-bond acceptors (Lipinski definition) is 4. The lowest BCUT2D eigenvalue weighted by atomic mass is 10.2. The summed E-state index contributed by atoms with van der Waals surface area (Å²) in [5.41, 5.74) is 0.0315. The highest BCUT2D eigenvalue weighted by atomic mass is 16.6. The first-order valence-electron chi connectivity index (χ1n) is 4.06. The van der Waals surface area contributed by atoms with Gasteiger partial charge in [0.25, 0.3) is 5.69 Å². The summed E-state index contributed by atoms with van der Waals surface area (Å²) in [5, 5.41) is 29.7. The monoisotopic (exact) mass is 205 g/mol. The first-order chi connectivity index (χ1) is 7.15. The molecule has 0 fully saturated rings. The summed E-state index contributed by atoms with van der Waals surface area (Å²) < 4.78 is 0.471. The molecule has 0 saturated carbocycles. The summed E-state index contributed by atoms with van der Waals surface area (Å²) in [7, 11) is 0. The molecule has 0 aromatic carbocycles. The van der Waals surface area contributed by atoms with Crippen molar-refractivity contribution >= 4 is 11.8 Å². The minimum atomic E-state index is -0.577. The third-order valence-electron chi connectivity index (χ3n) is 1.64. The quantitative estimate of drug-likeness (QED) is 0.320. The van der Waals surface area contributed by atoms with Crippen molar-refractivity contribution in [3.8, 4) is 6.07 Å². The van der Waals surface area contributed by atoms with Crippen LogP contribution in [0.25, 0.3) is 6.08 Å². The Hall–Kier alpha value is -2.42. The van der Waals surface area contributed by atoms with E-state index in [4.69, 9.17) is 5.26 Å². The number of nitriles is 1.